The maximum atomic E-state index is 10.5. The minimum atomic E-state index is -1.01. The third-order valence-electron chi connectivity index (χ3n) is 1.38. The quantitative estimate of drug-likeness (QED) is 0.736. The fourth-order valence-electron chi connectivity index (χ4n) is 0.870. The van der Waals surface area contributed by atoms with Gasteiger partial charge in [-0.1, -0.05) is 6.92 Å². The smallest absolute Gasteiger partial charge is 0.371 e. The monoisotopic (exact) mass is 186 g/mol. The van der Waals surface area contributed by atoms with Crippen molar-refractivity contribution >= 4 is 17.7 Å². The number of furan rings is 1. The first-order valence-electron chi connectivity index (χ1n) is 3.61. The first-order valence-corrected chi connectivity index (χ1v) is 4.60. The molecule has 0 aromatic carbocycles. The number of carboxylic acid groups (broad SMARTS) is 1. The average molecular weight is 186 g/mol. The molecule has 0 amide bonds. The van der Waals surface area contributed by atoms with Crippen LogP contribution in [0.4, 0.5) is 0 Å². The van der Waals surface area contributed by atoms with Crippen LogP contribution in [0.2, 0.25) is 0 Å². The van der Waals surface area contributed by atoms with Gasteiger partial charge in [-0.15, -0.1) is 11.8 Å². The molecule has 0 radical (unpaired) electrons. The number of carbonyl (C=O) groups is 1. The lowest BCUT2D eigenvalue weighted by Crippen LogP contribution is -1.91. The summed E-state index contributed by atoms with van der Waals surface area (Å²) in [6.07, 6.45) is 0. The summed E-state index contributed by atoms with van der Waals surface area (Å²) in [6.45, 7) is 3.78. The molecule has 0 aliphatic rings. The number of thioether (sulfide) groups is 1. The average Bonchev–Trinajstić information content (AvgIpc) is 2.34. The molecule has 0 aliphatic carbocycles. The third kappa shape index (κ3) is 1.82. The van der Waals surface area contributed by atoms with Crippen molar-refractivity contribution in [1.82, 2.24) is 0 Å². The Morgan fingerprint density at radius 3 is 2.83 bits per heavy atom. The maximum Gasteiger partial charge on any atom is 0.371 e. The summed E-state index contributed by atoms with van der Waals surface area (Å²) in [5.41, 5.74) is 0. The number of carboxylic acids is 1. The summed E-state index contributed by atoms with van der Waals surface area (Å²) in [6, 6.07) is 1.56. The highest BCUT2D eigenvalue weighted by molar-refractivity contribution is 7.99. The molecule has 66 valence electrons. The predicted molar refractivity (Wildman–Crippen MR) is 46.8 cm³/mol. The molecule has 0 saturated carbocycles. The van der Waals surface area contributed by atoms with Crippen LogP contribution in [-0.2, 0) is 0 Å². The van der Waals surface area contributed by atoms with Crippen LogP contribution in [-0.4, -0.2) is 16.8 Å². The Balaban J connectivity index is 2.92. The summed E-state index contributed by atoms with van der Waals surface area (Å²) in [7, 11) is 0. The van der Waals surface area contributed by atoms with E-state index >= 15 is 0 Å². The van der Waals surface area contributed by atoms with Gasteiger partial charge < -0.3 is 9.52 Å². The molecule has 1 N–H and O–H groups in total. The molecule has 0 aliphatic heterocycles. The summed E-state index contributed by atoms with van der Waals surface area (Å²) in [5, 5.41) is 8.59. The summed E-state index contributed by atoms with van der Waals surface area (Å²) in [5.74, 6) is 0.600. The van der Waals surface area contributed by atoms with E-state index in [2.05, 4.69) is 0 Å². The van der Waals surface area contributed by atoms with Gasteiger partial charge in [0, 0.05) is 11.0 Å². The molecule has 0 bridgehead atoms. The second-order valence-corrected chi connectivity index (χ2v) is 3.58. The number of aryl methyl sites for hydroxylation is 1. The Morgan fingerprint density at radius 2 is 2.42 bits per heavy atom. The van der Waals surface area contributed by atoms with Gasteiger partial charge in [-0.3, -0.25) is 0 Å². The van der Waals surface area contributed by atoms with E-state index in [-0.39, 0.29) is 5.76 Å². The molecule has 4 heteroatoms. The lowest BCUT2D eigenvalue weighted by molar-refractivity contribution is 0.0661. The van der Waals surface area contributed by atoms with E-state index in [1.807, 2.05) is 6.92 Å². The molecule has 1 aromatic heterocycles. The highest BCUT2D eigenvalue weighted by atomic mass is 32.2. The number of hydrogen-bond acceptors (Lipinski definition) is 3. The van der Waals surface area contributed by atoms with Crippen LogP contribution < -0.4 is 0 Å². The minimum Gasteiger partial charge on any atom is -0.475 e. The van der Waals surface area contributed by atoms with Gasteiger partial charge in [-0.05, 0) is 12.7 Å². The van der Waals surface area contributed by atoms with Crippen LogP contribution in [0.1, 0.15) is 23.2 Å². The van der Waals surface area contributed by atoms with Gasteiger partial charge in [0.2, 0.25) is 5.76 Å². The molecule has 12 heavy (non-hydrogen) atoms. The van der Waals surface area contributed by atoms with Gasteiger partial charge in [0.1, 0.15) is 5.76 Å². The van der Waals surface area contributed by atoms with Gasteiger partial charge in [0.25, 0.3) is 0 Å². The van der Waals surface area contributed by atoms with Crippen molar-refractivity contribution in [3.63, 3.8) is 0 Å². The van der Waals surface area contributed by atoms with Crippen molar-refractivity contribution in [3.8, 4) is 0 Å². The molecular weight excluding hydrogens is 176 g/mol. The van der Waals surface area contributed by atoms with Crippen molar-refractivity contribution in [2.75, 3.05) is 5.75 Å². The van der Waals surface area contributed by atoms with E-state index in [0.29, 0.717) is 5.76 Å². The highest BCUT2D eigenvalue weighted by Crippen LogP contribution is 2.25. The summed E-state index contributed by atoms with van der Waals surface area (Å²) < 4.78 is 5.01. The fourth-order valence-corrected chi connectivity index (χ4v) is 1.62. The van der Waals surface area contributed by atoms with Crippen molar-refractivity contribution in [2.45, 2.75) is 18.7 Å². The topological polar surface area (TPSA) is 50.4 Å². The molecule has 1 aromatic rings. The first-order chi connectivity index (χ1) is 5.65. The molecular formula is C8H10O3S. The van der Waals surface area contributed by atoms with Crippen LogP contribution in [0.25, 0.3) is 0 Å². The van der Waals surface area contributed by atoms with Crippen LogP contribution in [0.5, 0.6) is 0 Å². The van der Waals surface area contributed by atoms with Crippen LogP contribution in [0, 0.1) is 6.92 Å². The van der Waals surface area contributed by atoms with E-state index in [0.717, 1.165) is 10.6 Å². The molecule has 0 fully saturated rings. The molecule has 3 nitrogen and oxygen atoms in total. The summed E-state index contributed by atoms with van der Waals surface area (Å²) >= 11 is 1.58. The van der Waals surface area contributed by atoms with E-state index < -0.39 is 5.97 Å². The third-order valence-corrected chi connectivity index (χ3v) is 2.39. The van der Waals surface area contributed by atoms with E-state index in [9.17, 15) is 4.79 Å². The maximum absolute atomic E-state index is 10.5. The second kappa shape index (κ2) is 3.67. The number of rotatable bonds is 3. The van der Waals surface area contributed by atoms with E-state index in [1.54, 1.807) is 24.8 Å². The van der Waals surface area contributed by atoms with E-state index in [1.165, 1.54) is 0 Å². The molecule has 0 spiro atoms. The first kappa shape index (κ1) is 9.19. The molecule has 0 atom stereocenters. The predicted octanol–water partition coefficient (Wildman–Crippen LogP) is 2.40. The normalized spacial score (nSPS) is 10.2. The summed E-state index contributed by atoms with van der Waals surface area (Å²) in [4.78, 5) is 11.4. The van der Waals surface area contributed by atoms with Gasteiger partial charge in [0.05, 0.1) is 0 Å². The van der Waals surface area contributed by atoms with Crippen LogP contribution in [0.3, 0.4) is 0 Å². The molecule has 1 heterocycles. The zero-order valence-corrected chi connectivity index (χ0v) is 7.77. The van der Waals surface area contributed by atoms with Gasteiger partial charge >= 0.3 is 5.97 Å². The zero-order chi connectivity index (χ0) is 9.14. The Morgan fingerprint density at radius 1 is 1.75 bits per heavy atom. The SMILES string of the molecule is CCSc1cc(C(=O)O)oc1C. The van der Waals surface area contributed by atoms with E-state index in [4.69, 9.17) is 9.52 Å². The molecule has 0 unspecified atom stereocenters. The Kier molecular flexibility index (Phi) is 2.81. The molecule has 0 saturated heterocycles. The van der Waals surface area contributed by atoms with Gasteiger partial charge in [-0.2, -0.15) is 0 Å². The number of aromatic carboxylic acids is 1. The number of hydrogen-bond donors (Lipinski definition) is 1. The van der Waals surface area contributed by atoms with Crippen LogP contribution >= 0.6 is 11.8 Å². The van der Waals surface area contributed by atoms with Crippen molar-refractivity contribution < 1.29 is 14.3 Å². The Labute approximate surface area is 74.8 Å². The Hall–Kier alpha value is -0.900. The fraction of sp³-hybridized carbons (Fsp3) is 0.375. The van der Waals surface area contributed by atoms with Crippen molar-refractivity contribution in [3.05, 3.63) is 17.6 Å². The molecule has 1 rings (SSSR count). The highest BCUT2D eigenvalue weighted by Gasteiger charge is 2.12. The van der Waals surface area contributed by atoms with Crippen molar-refractivity contribution in [1.29, 1.82) is 0 Å². The largest absolute Gasteiger partial charge is 0.475 e. The lowest BCUT2D eigenvalue weighted by atomic mass is 10.4. The van der Waals surface area contributed by atoms with Crippen molar-refractivity contribution in [2.24, 2.45) is 0 Å². The Bertz CT molecular complexity index is 290. The lowest BCUT2D eigenvalue weighted by Gasteiger charge is -1.90. The second-order valence-electron chi connectivity index (χ2n) is 2.27. The minimum absolute atomic E-state index is 0.0171. The zero-order valence-electron chi connectivity index (χ0n) is 6.96. The van der Waals surface area contributed by atoms with Gasteiger partial charge in [0.15, 0.2) is 0 Å². The standard InChI is InChI=1S/C8H10O3S/c1-3-12-7-4-6(8(9)10)11-5(7)2/h4H,3H2,1-2H3,(H,9,10). The van der Waals surface area contributed by atoms with Gasteiger partial charge in [-0.25, -0.2) is 4.79 Å². The van der Waals surface area contributed by atoms with Crippen LogP contribution in [0.15, 0.2) is 15.4 Å².